The normalized spacial score (nSPS) is 12.9. The first-order valence-electron chi connectivity index (χ1n) is 12.7. The highest BCUT2D eigenvalue weighted by Crippen LogP contribution is 2.08. The fraction of sp³-hybridized carbons (Fsp3) is 0.643. The van der Waals surface area contributed by atoms with Gasteiger partial charge in [0.15, 0.2) is 6.10 Å². The smallest absolute Gasteiger partial charge is 0.306 e. The molecule has 5 nitrogen and oxygen atoms in total. The number of unbranched alkanes of at least 4 members (excludes halogenated alkanes) is 5. The molecule has 0 bridgehead atoms. The lowest BCUT2D eigenvalue weighted by atomic mass is 10.1. The number of allylic oxidation sites excluding steroid dienone is 8. The van der Waals surface area contributed by atoms with E-state index in [0.717, 1.165) is 44.9 Å². The molecule has 33 heavy (non-hydrogen) atoms. The lowest BCUT2D eigenvalue weighted by Crippen LogP contribution is -2.28. The molecule has 0 aliphatic carbocycles. The van der Waals surface area contributed by atoms with Gasteiger partial charge < -0.3 is 14.6 Å². The summed E-state index contributed by atoms with van der Waals surface area (Å²) in [5.74, 6) is -0.705. The molecule has 1 unspecified atom stereocenters. The molecule has 0 radical (unpaired) electrons. The van der Waals surface area contributed by atoms with E-state index in [-0.39, 0.29) is 25.6 Å². The van der Waals surface area contributed by atoms with E-state index < -0.39 is 12.1 Å². The molecular formula is C28H46O5. The first-order chi connectivity index (χ1) is 16.1. The zero-order valence-corrected chi connectivity index (χ0v) is 20.9. The van der Waals surface area contributed by atoms with Crippen molar-refractivity contribution in [3.63, 3.8) is 0 Å². The quantitative estimate of drug-likeness (QED) is 0.116. The van der Waals surface area contributed by atoms with Crippen molar-refractivity contribution in [1.82, 2.24) is 0 Å². The van der Waals surface area contributed by atoms with Gasteiger partial charge in [-0.05, 0) is 38.5 Å². The molecule has 0 rings (SSSR count). The van der Waals surface area contributed by atoms with Gasteiger partial charge in [-0.2, -0.15) is 0 Å². The Morgan fingerprint density at radius 3 is 1.91 bits per heavy atom. The minimum absolute atomic E-state index is 0.0963. The molecule has 0 saturated heterocycles. The van der Waals surface area contributed by atoms with Crippen LogP contribution in [-0.2, 0) is 19.1 Å². The van der Waals surface area contributed by atoms with Gasteiger partial charge >= 0.3 is 11.9 Å². The maximum Gasteiger partial charge on any atom is 0.306 e. The molecule has 0 spiro atoms. The van der Waals surface area contributed by atoms with E-state index in [1.165, 1.54) is 19.3 Å². The maximum absolute atomic E-state index is 11.9. The third-order valence-corrected chi connectivity index (χ3v) is 4.90. The third kappa shape index (κ3) is 22.8. The summed E-state index contributed by atoms with van der Waals surface area (Å²) in [5.41, 5.74) is 0. The van der Waals surface area contributed by atoms with E-state index >= 15 is 0 Å². The first kappa shape index (κ1) is 30.9. The Hall–Kier alpha value is -2.14. The van der Waals surface area contributed by atoms with Crippen molar-refractivity contribution in [1.29, 1.82) is 0 Å². The monoisotopic (exact) mass is 462 g/mol. The van der Waals surface area contributed by atoms with Crippen molar-refractivity contribution >= 4 is 11.9 Å². The van der Waals surface area contributed by atoms with Gasteiger partial charge in [-0.3, -0.25) is 9.59 Å². The van der Waals surface area contributed by atoms with E-state index in [4.69, 9.17) is 9.47 Å². The van der Waals surface area contributed by atoms with Crippen LogP contribution in [-0.4, -0.2) is 36.4 Å². The van der Waals surface area contributed by atoms with Gasteiger partial charge in [0.05, 0.1) is 6.61 Å². The highest BCUT2D eigenvalue weighted by Gasteiger charge is 2.15. The van der Waals surface area contributed by atoms with Crippen LogP contribution in [0.3, 0.4) is 0 Å². The fourth-order valence-electron chi connectivity index (χ4n) is 2.98. The summed E-state index contributed by atoms with van der Waals surface area (Å²) in [4.78, 5) is 23.7. The summed E-state index contributed by atoms with van der Waals surface area (Å²) < 4.78 is 10.3. The van der Waals surface area contributed by atoms with Gasteiger partial charge in [-0.25, -0.2) is 0 Å². The molecule has 0 aromatic carbocycles. The zero-order chi connectivity index (χ0) is 24.4. The number of hydrogen-bond acceptors (Lipinski definition) is 5. The van der Waals surface area contributed by atoms with E-state index in [1.54, 1.807) is 0 Å². The second-order valence-corrected chi connectivity index (χ2v) is 8.03. The molecule has 0 saturated carbocycles. The second kappa shape index (κ2) is 24.5. The van der Waals surface area contributed by atoms with Gasteiger partial charge in [0, 0.05) is 12.8 Å². The number of carbonyl (C=O) groups excluding carboxylic acids is 2. The summed E-state index contributed by atoms with van der Waals surface area (Å²) >= 11 is 0. The van der Waals surface area contributed by atoms with Gasteiger partial charge in [0.25, 0.3) is 0 Å². The van der Waals surface area contributed by atoms with Crippen molar-refractivity contribution < 1.29 is 24.2 Å². The van der Waals surface area contributed by atoms with Gasteiger partial charge in [0.2, 0.25) is 0 Å². The van der Waals surface area contributed by atoms with Gasteiger partial charge in [-0.15, -0.1) is 0 Å². The lowest BCUT2D eigenvalue weighted by molar-refractivity contribution is -0.161. The average molecular weight is 463 g/mol. The van der Waals surface area contributed by atoms with Crippen LogP contribution in [0, 0.1) is 0 Å². The number of hydrogen-bond donors (Lipinski definition) is 1. The molecule has 0 aliphatic rings. The van der Waals surface area contributed by atoms with Crippen molar-refractivity contribution in [2.75, 3.05) is 13.2 Å². The van der Waals surface area contributed by atoms with Crippen molar-refractivity contribution in [2.45, 2.75) is 103 Å². The van der Waals surface area contributed by atoms with Gasteiger partial charge in [0.1, 0.15) is 6.61 Å². The predicted molar refractivity (Wildman–Crippen MR) is 136 cm³/mol. The summed E-state index contributed by atoms with van der Waals surface area (Å²) in [6.07, 6.45) is 27.6. The Bertz CT molecular complexity index is 589. The number of aliphatic hydroxyl groups excluding tert-OH is 1. The Morgan fingerprint density at radius 2 is 1.30 bits per heavy atom. The molecule has 188 valence electrons. The zero-order valence-electron chi connectivity index (χ0n) is 20.9. The number of aliphatic hydroxyl groups is 1. The van der Waals surface area contributed by atoms with Crippen LogP contribution >= 0.6 is 0 Å². The molecule has 0 aromatic rings. The minimum atomic E-state index is -0.802. The van der Waals surface area contributed by atoms with Crippen molar-refractivity contribution in [3.05, 3.63) is 48.6 Å². The van der Waals surface area contributed by atoms with Crippen LogP contribution in [0.2, 0.25) is 0 Å². The van der Waals surface area contributed by atoms with Gasteiger partial charge in [-0.1, -0.05) is 94.6 Å². The molecular weight excluding hydrogens is 416 g/mol. The average Bonchev–Trinajstić information content (AvgIpc) is 2.81. The molecule has 1 N–H and O–H groups in total. The molecule has 1 atom stereocenters. The Morgan fingerprint density at radius 1 is 0.727 bits per heavy atom. The summed E-state index contributed by atoms with van der Waals surface area (Å²) in [6.45, 7) is 3.84. The summed E-state index contributed by atoms with van der Waals surface area (Å²) in [7, 11) is 0. The van der Waals surface area contributed by atoms with Crippen molar-refractivity contribution in [2.24, 2.45) is 0 Å². The largest absolute Gasteiger partial charge is 0.462 e. The predicted octanol–water partition coefficient (Wildman–Crippen LogP) is 6.77. The Kier molecular flexibility index (Phi) is 22.9. The fourth-order valence-corrected chi connectivity index (χ4v) is 2.98. The standard InChI is InChI=1S/C28H46O5/c1-3-5-7-9-11-12-13-14-15-16-17-19-21-23-28(31)33-26(24-29)25-32-27(30)22-20-18-10-8-6-4-2/h5,7,11-12,14-15,17,19,26,29H,3-4,6,8-10,13,16,18,20-25H2,1-2H3/b7-5-,12-11-,15-14-,19-17-. The molecule has 5 heteroatoms. The molecule has 0 aromatic heterocycles. The topological polar surface area (TPSA) is 72.8 Å². The van der Waals surface area contributed by atoms with E-state index in [9.17, 15) is 14.7 Å². The van der Waals surface area contributed by atoms with E-state index in [2.05, 4.69) is 50.3 Å². The van der Waals surface area contributed by atoms with E-state index in [0.29, 0.717) is 12.8 Å². The highest BCUT2D eigenvalue weighted by molar-refractivity contribution is 5.70. The lowest BCUT2D eigenvalue weighted by Gasteiger charge is -2.15. The van der Waals surface area contributed by atoms with Crippen LogP contribution in [0.1, 0.15) is 97.3 Å². The third-order valence-electron chi connectivity index (χ3n) is 4.90. The van der Waals surface area contributed by atoms with Crippen LogP contribution in [0.15, 0.2) is 48.6 Å². The number of rotatable bonds is 21. The first-order valence-corrected chi connectivity index (χ1v) is 12.7. The van der Waals surface area contributed by atoms with Crippen LogP contribution in [0.25, 0.3) is 0 Å². The molecule has 0 aliphatic heterocycles. The van der Waals surface area contributed by atoms with Crippen LogP contribution in [0.4, 0.5) is 0 Å². The molecule has 0 amide bonds. The van der Waals surface area contributed by atoms with Crippen LogP contribution in [0.5, 0.6) is 0 Å². The van der Waals surface area contributed by atoms with E-state index in [1.807, 2.05) is 12.2 Å². The summed E-state index contributed by atoms with van der Waals surface area (Å²) in [5, 5.41) is 9.37. The minimum Gasteiger partial charge on any atom is -0.462 e. The Balaban J connectivity index is 3.82. The number of carbonyl (C=O) groups is 2. The summed E-state index contributed by atoms with van der Waals surface area (Å²) in [6, 6.07) is 0. The molecule has 0 fully saturated rings. The van der Waals surface area contributed by atoms with Crippen LogP contribution < -0.4 is 0 Å². The van der Waals surface area contributed by atoms with Crippen molar-refractivity contribution in [3.8, 4) is 0 Å². The SMILES string of the molecule is CC/C=C\C/C=C\C/C=C\C/C=C\CCC(=O)OC(CO)COC(=O)CCCCCCCC. The maximum atomic E-state index is 11.9. The Labute approximate surface area is 201 Å². The highest BCUT2D eigenvalue weighted by atomic mass is 16.6. The number of esters is 2. The number of ether oxygens (including phenoxy) is 2. The second-order valence-electron chi connectivity index (χ2n) is 8.03. The molecule has 0 heterocycles.